The van der Waals surface area contributed by atoms with Gasteiger partial charge in [-0.3, -0.25) is 0 Å². The van der Waals surface area contributed by atoms with Gasteiger partial charge in [-0.25, -0.2) is 4.79 Å². The summed E-state index contributed by atoms with van der Waals surface area (Å²) in [6.07, 6.45) is 4.25. The topological polar surface area (TPSA) is 81.1 Å². The van der Waals surface area contributed by atoms with Gasteiger partial charge in [-0.2, -0.15) is 0 Å². The SMILES string of the molecule is CC1CCCC(CN)(NC(N)=O)C1. The Kier molecular flexibility index (Phi) is 3.14. The highest BCUT2D eigenvalue weighted by Gasteiger charge is 2.34. The second kappa shape index (κ2) is 3.96. The van der Waals surface area contributed by atoms with Crippen LogP contribution in [0.4, 0.5) is 4.79 Å². The van der Waals surface area contributed by atoms with Crippen LogP contribution in [0.2, 0.25) is 0 Å². The lowest BCUT2D eigenvalue weighted by molar-refractivity contribution is 0.189. The fourth-order valence-corrected chi connectivity index (χ4v) is 2.27. The molecule has 1 fully saturated rings. The van der Waals surface area contributed by atoms with Crippen LogP contribution in [-0.2, 0) is 0 Å². The molecule has 4 nitrogen and oxygen atoms in total. The van der Waals surface area contributed by atoms with Crippen molar-refractivity contribution >= 4 is 6.03 Å². The van der Waals surface area contributed by atoms with Crippen LogP contribution >= 0.6 is 0 Å². The molecule has 0 aliphatic heterocycles. The van der Waals surface area contributed by atoms with E-state index in [0.29, 0.717) is 12.5 Å². The van der Waals surface area contributed by atoms with E-state index < -0.39 is 6.03 Å². The van der Waals surface area contributed by atoms with E-state index in [9.17, 15) is 4.79 Å². The zero-order valence-electron chi connectivity index (χ0n) is 8.18. The molecule has 1 aliphatic rings. The van der Waals surface area contributed by atoms with Crippen LogP contribution in [0.5, 0.6) is 0 Å². The third-order valence-electron chi connectivity index (χ3n) is 2.87. The normalized spacial score (nSPS) is 34.2. The fraction of sp³-hybridized carbons (Fsp3) is 0.889. The summed E-state index contributed by atoms with van der Waals surface area (Å²) in [6, 6.07) is -0.459. The minimum absolute atomic E-state index is 0.233. The van der Waals surface area contributed by atoms with Crippen molar-refractivity contribution in [1.29, 1.82) is 0 Å². The summed E-state index contributed by atoms with van der Waals surface area (Å²) in [5.41, 5.74) is 10.6. The quantitative estimate of drug-likeness (QED) is 0.587. The van der Waals surface area contributed by atoms with Crippen molar-refractivity contribution in [3.8, 4) is 0 Å². The van der Waals surface area contributed by atoms with E-state index in [1.165, 1.54) is 6.42 Å². The number of hydrogen-bond acceptors (Lipinski definition) is 2. The maximum absolute atomic E-state index is 10.8. The van der Waals surface area contributed by atoms with Crippen molar-refractivity contribution in [1.82, 2.24) is 5.32 Å². The molecule has 2 unspecified atom stereocenters. The predicted octanol–water partition coefficient (Wildman–Crippen LogP) is 0.562. The van der Waals surface area contributed by atoms with Gasteiger partial charge in [0.1, 0.15) is 0 Å². The molecule has 0 heterocycles. The zero-order chi connectivity index (χ0) is 9.90. The average molecular weight is 185 g/mol. The molecular weight excluding hydrogens is 166 g/mol. The lowest BCUT2D eigenvalue weighted by Gasteiger charge is -2.39. The van der Waals surface area contributed by atoms with E-state index >= 15 is 0 Å². The summed E-state index contributed by atoms with van der Waals surface area (Å²) in [4.78, 5) is 10.8. The number of hydrogen-bond donors (Lipinski definition) is 3. The van der Waals surface area contributed by atoms with E-state index in [0.717, 1.165) is 19.3 Å². The molecule has 2 amide bonds. The van der Waals surface area contributed by atoms with Crippen LogP contribution in [0.25, 0.3) is 0 Å². The third-order valence-corrected chi connectivity index (χ3v) is 2.87. The highest BCUT2D eigenvalue weighted by molar-refractivity contribution is 5.72. The molecule has 5 N–H and O–H groups in total. The maximum atomic E-state index is 10.8. The van der Waals surface area contributed by atoms with Crippen molar-refractivity contribution in [2.75, 3.05) is 6.54 Å². The predicted molar refractivity (Wildman–Crippen MR) is 52.1 cm³/mol. The standard InChI is InChI=1S/C9H19N3O/c1-7-3-2-4-9(5-7,6-10)12-8(11)13/h7H,2-6,10H2,1H3,(H3,11,12,13). The monoisotopic (exact) mass is 185 g/mol. The Morgan fingerprint density at radius 1 is 1.69 bits per heavy atom. The van der Waals surface area contributed by atoms with Crippen LogP contribution in [0.15, 0.2) is 0 Å². The number of amides is 2. The number of urea groups is 1. The van der Waals surface area contributed by atoms with Crippen LogP contribution < -0.4 is 16.8 Å². The molecule has 1 aliphatic carbocycles. The minimum Gasteiger partial charge on any atom is -0.352 e. The first-order valence-corrected chi connectivity index (χ1v) is 4.86. The molecule has 0 aromatic heterocycles. The molecule has 76 valence electrons. The molecule has 0 aromatic rings. The molecule has 0 bridgehead atoms. The molecule has 4 heteroatoms. The van der Waals surface area contributed by atoms with Gasteiger partial charge >= 0.3 is 6.03 Å². The lowest BCUT2D eigenvalue weighted by Crippen LogP contribution is -2.57. The van der Waals surface area contributed by atoms with Crippen LogP contribution in [0.3, 0.4) is 0 Å². The zero-order valence-corrected chi connectivity index (χ0v) is 8.18. The number of nitrogens with two attached hydrogens (primary N) is 2. The van der Waals surface area contributed by atoms with E-state index in [1.54, 1.807) is 0 Å². The smallest absolute Gasteiger partial charge is 0.312 e. The molecule has 0 saturated heterocycles. The Labute approximate surface area is 79.0 Å². The summed E-state index contributed by atoms with van der Waals surface area (Å²) in [5, 5.41) is 2.79. The van der Waals surface area contributed by atoms with E-state index in [-0.39, 0.29) is 5.54 Å². The van der Waals surface area contributed by atoms with E-state index in [2.05, 4.69) is 12.2 Å². The molecule has 13 heavy (non-hydrogen) atoms. The van der Waals surface area contributed by atoms with Gasteiger partial charge in [0.05, 0.1) is 5.54 Å². The summed E-state index contributed by atoms with van der Waals surface area (Å²) in [5.74, 6) is 0.629. The number of primary amides is 1. The van der Waals surface area contributed by atoms with Crippen LogP contribution in [-0.4, -0.2) is 18.1 Å². The van der Waals surface area contributed by atoms with Crippen molar-refractivity contribution in [2.24, 2.45) is 17.4 Å². The van der Waals surface area contributed by atoms with Crippen molar-refractivity contribution in [3.63, 3.8) is 0 Å². The first kappa shape index (κ1) is 10.3. The van der Waals surface area contributed by atoms with Gasteiger partial charge < -0.3 is 16.8 Å². The molecule has 2 atom stereocenters. The van der Waals surface area contributed by atoms with E-state index in [1.807, 2.05) is 0 Å². The first-order valence-electron chi connectivity index (χ1n) is 4.86. The van der Waals surface area contributed by atoms with E-state index in [4.69, 9.17) is 11.5 Å². The third kappa shape index (κ3) is 2.59. The largest absolute Gasteiger partial charge is 0.352 e. The summed E-state index contributed by atoms with van der Waals surface area (Å²) >= 11 is 0. The molecular formula is C9H19N3O. The Morgan fingerprint density at radius 3 is 2.85 bits per heavy atom. The van der Waals surface area contributed by atoms with Gasteiger partial charge in [0.2, 0.25) is 0 Å². The van der Waals surface area contributed by atoms with Crippen molar-refractivity contribution < 1.29 is 4.79 Å². The van der Waals surface area contributed by atoms with Gasteiger partial charge in [0.25, 0.3) is 0 Å². The summed E-state index contributed by atoms with van der Waals surface area (Å²) < 4.78 is 0. The van der Waals surface area contributed by atoms with Crippen LogP contribution in [0.1, 0.15) is 32.6 Å². The van der Waals surface area contributed by atoms with Gasteiger partial charge in [-0.1, -0.05) is 19.8 Å². The number of carbonyl (C=O) groups is 1. The fourth-order valence-electron chi connectivity index (χ4n) is 2.27. The first-order chi connectivity index (χ1) is 6.08. The molecule has 1 saturated carbocycles. The average Bonchev–Trinajstić information content (AvgIpc) is 2.03. The summed E-state index contributed by atoms with van der Waals surface area (Å²) in [7, 11) is 0. The second-order valence-corrected chi connectivity index (χ2v) is 4.18. The number of nitrogens with one attached hydrogen (secondary N) is 1. The Morgan fingerprint density at radius 2 is 2.38 bits per heavy atom. The van der Waals surface area contributed by atoms with Crippen molar-refractivity contribution in [3.05, 3.63) is 0 Å². The summed E-state index contributed by atoms with van der Waals surface area (Å²) in [6.45, 7) is 2.67. The number of carbonyl (C=O) groups excluding carboxylic acids is 1. The highest BCUT2D eigenvalue weighted by atomic mass is 16.2. The van der Waals surface area contributed by atoms with Gasteiger partial charge in [0, 0.05) is 6.54 Å². The van der Waals surface area contributed by atoms with Gasteiger partial charge in [0.15, 0.2) is 0 Å². The molecule has 0 spiro atoms. The molecule has 0 radical (unpaired) electrons. The molecule has 1 rings (SSSR count). The minimum atomic E-state index is -0.459. The van der Waals surface area contributed by atoms with Gasteiger partial charge in [-0.15, -0.1) is 0 Å². The Balaban J connectivity index is 2.61. The Bertz CT molecular complexity index is 195. The lowest BCUT2D eigenvalue weighted by atomic mass is 9.76. The van der Waals surface area contributed by atoms with Crippen molar-refractivity contribution in [2.45, 2.75) is 38.1 Å². The maximum Gasteiger partial charge on any atom is 0.312 e. The Hall–Kier alpha value is -0.770. The molecule has 0 aromatic carbocycles. The van der Waals surface area contributed by atoms with Gasteiger partial charge in [-0.05, 0) is 18.8 Å². The highest BCUT2D eigenvalue weighted by Crippen LogP contribution is 2.31. The second-order valence-electron chi connectivity index (χ2n) is 4.18. The number of rotatable bonds is 2. The van der Waals surface area contributed by atoms with Crippen LogP contribution in [0, 0.1) is 5.92 Å².